The second-order valence-corrected chi connectivity index (χ2v) is 5.24. The molecule has 0 aromatic carbocycles. The van der Waals surface area contributed by atoms with E-state index in [2.05, 4.69) is 12.1 Å². The lowest BCUT2D eigenvalue weighted by Crippen LogP contribution is -2.47. The van der Waals surface area contributed by atoms with Crippen molar-refractivity contribution in [1.29, 1.82) is 0 Å². The van der Waals surface area contributed by atoms with Crippen molar-refractivity contribution in [3.8, 4) is 0 Å². The fraction of sp³-hybridized carbons (Fsp3) is 0.846. The zero-order chi connectivity index (χ0) is 13.1. The number of ether oxygens (including phenoxy) is 1. The first kappa shape index (κ1) is 13.3. The van der Waals surface area contributed by atoms with Crippen molar-refractivity contribution < 1.29 is 14.7 Å². The molecule has 2 heterocycles. The Bertz CT molecular complexity index is 343. The molecule has 0 aromatic rings. The molecule has 1 N–H and O–H groups in total. The predicted molar refractivity (Wildman–Crippen MR) is 67.8 cm³/mol. The maximum absolute atomic E-state index is 12.3. The van der Waals surface area contributed by atoms with Gasteiger partial charge in [0.25, 0.3) is 5.91 Å². The van der Waals surface area contributed by atoms with Gasteiger partial charge in [-0.25, -0.2) is 0 Å². The van der Waals surface area contributed by atoms with Gasteiger partial charge in [0.1, 0.15) is 6.10 Å². The van der Waals surface area contributed by atoms with Crippen LogP contribution in [-0.2, 0) is 9.53 Å². The second-order valence-electron chi connectivity index (χ2n) is 5.24. The number of hydrogen-bond donors (Lipinski definition) is 1. The average molecular weight is 254 g/mol. The molecule has 2 fully saturated rings. The van der Waals surface area contributed by atoms with Crippen molar-refractivity contribution in [3.05, 3.63) is 0 Å². The van der Waals surface area contributed by atoms with Crippen LogP contribution in [0.25, 0.3) is 0 Å². The third-order valence-corrected chi connectivity index (χ3v) is 3.99. The minimum Gasteiger partial charge on any atom is -0.411 e. The van der Waals surface area contributed by atoms with Crippen LogP contribution in [0.15, 0.2) is 5.16 Å². The van der Waals surface area contributed by atoms with Crippen LogP contribution in [-0.4, -0.2) is 47.0 Å². The van der Waals surface area contributed by atoms with E-state index >= 15 is 0 Å². The van der Waals surface area contributed by atoms with Crippen molar-refractivity contribution in [1.82, 2.24) is 4.90 Å². The van der Waals surface area contributed by atoms with Crippen molar-refractivity contribution >= 4 is 11.6 Å². The first-order valence-electron chi connectivity index (χ1n) is 6.80. The average Bonchev–Trinajstić information content (AvgIpc) is 2.83. The van der Waals surface area contributed by atoms with Gasteiger partial charge in [-0.05, 0) is 26.2 Å². The molecule has 0 spiro atoms. The van der Waals surface area contributed by atoms with Crippen LogP contribution < -0.4 is 0 Å². The Labute approximate surface area is 108 Å². The van der Waals surface area contributed by atoms with Crippen LogP contribution >= 0.6 is 0 Å². The molecule has 2 saturated heterocycles. The van der Waals surface area contributed by atoms with Gasteiger partial charge in [0, 0.05) is 25.4 Å². The van der Waals surface area contributed by atoms with Gasteiger partial charge in [-0.3, -0.25) is 4.79 Å². The van der Waals surface area contributed by atoms with E-state index in [9.17, 15) is 4.79 Å². The molecule has 0 aromatic heterocycles. The molecule has 18 heavy (non-hydrogen) atoms. The highest BCUT2D eigenvalue weighted by atomic mass is 16.5. The fourth-order valence-electron chi connectivity index (χ4n) is 2.80. The van der Waals surface area contributed by atoms with Gasteiger partial charge in [0.15, 0.2) is 0 Å². The number of amides is 1. The molecule has 0 aliphatic carbocycles. The van der Waals surface area contributed by atoms with Gasteiger partial charge < -0.3 is 14.8 Å². The Hall–Kier alpha value is -1.10. The molecule has 102 valence electrons. The number of nitrogens with zero attached hydrogens (tertiary/aromatic N) is 2. The molecular formula is C13H22N2O3. The van der Waals surface area contributed by atoms with Crippen molar-refractivity contribution in [2.45, 2.75) is 51.7 Å². The fourth-order valence-corrected chi connectivity index (χ4v) is 2.80. The van der Waals surface area contributed by atoms with E-state index in [4.69, 9.17) is 9.94 Å². The second kappa shape index (κ2) is 5.69. The summed E-state index contributed by atoms with van der Waals surface area (Å²) in [5, 5.41) is 12.3. The summed E-state index contributed by atoms with van der Waals surface area (Å²) in [5.41, 5.74) is 0.822. The Kier molecular flexibility index (Phi) is 4.22. The van der Waals surface area contributed by atoms with E-state index in [-0.39, 0.29) is 24.0 Å². The van der Waals surface area contributed by atoms with Crippen LogP contribution in [0.4, 0.5) is 0 Å². The molecule has 2 aliphatic heterocycles. The number of rotatable bonds is 2. The van der Waals surface area contributed by atoms with Gasteiger partial charge in [0.2, 0.25) is 0 Å². The maximum atomic E-state index is 12.3. The smallest absolute Gasteiger partial charge is 0.251 e. The van der Waals surface area contributed by atoms with Gasteiger partial charge in [0.05, 0.1) is 11.8 Å². The molecule has 2 aliphatic rings. The standard InChI is InChI=1S/C13H22N2O3/c1-3-10-8-15(7-6-11(10)14-17)13(16)12-5-4-9(2)18-12/h9-10,12,17H,3-8H2,1-2H3. The lowest BCUT2D eigenvalue weighted by molar-refractivity contribution is -0.143. The van der Waals surface area contributed by atoms with E-state index in [0.29, 0.717) is 19.5 Å². The van der Waals surface area contributed by atoms with Crippen molar-refractivity contribution in [2.24, 2.45) is 11.1 Å². The molecule has 5 heteroatoms. The lowest BCUT2D eigenvalue weighted by Gasteiger charge is -2.34. The van der Waals surface area contributed by atoms with E-state index in [1.165, 1.54) is 0 Å². The number of hydrogen-bond acceptors (Lipinski definition) is 4. The van der Waals surface area contributed by atoms with Gasteiger partial charge in [-0.2, -0.15) is 0 Å². The SMILES string of the molecule is CCC1CN(C(=O)C2CCC(C)O2)CCC1=NO. The summed E-state index contributed by atoms with van der Waals surface area (Å²) in [6.07, 6.45) is 3.29. The first-order valence-corrected chi connectivity index (χ1v) is 6.80. The van der Waals surface area contributed by atoms with Crippen LogP contribution in [0, 0.1) is 5.92 Å². The molecule has 3 unspecified atom stereocenters. The molecule has 0 saturated carbocycles. The minimum atomic E-state index is -0.259. The van der Waals surface area contributed by atoms with E-state index < -0.39 is 0 Å². The summed E-state index contributed by atoms with van der Waals surface area (Å²) in [6.45, 7) is 5.36. The summed E-state index contributed by atoms with van der Waals surface area (Å²) in [7, 11) is 0. The van der Waals surface area contributed by atoms with Gasteiger partial charge >= 0.3 is 0 Å². The van der Waals surface area contributed by atoms with E-state index in [0.717, 1.165) is 25.0 Å². The molecule has 3 atom stereocenters. The molecular weight excluding hydrogens is 232 g/mol. The van der Waals surface area contributed by atoms with Crippen LogP contribution in [0.5, 0.6) is 0 Å². The molecule has 0 bridgehead atoms. The van der Waals surface area contributed by atoms with Crippen molar-refractivity contribution in [2.75, 3.05) is 13.1 Å². The maximum Gasteiger partial charge on any atom is 0.251 e. The summed E-state index contributed by atoms with van der Waals surface area (Å²) in [5.74, 6) is 0.293. The summed E-state index contributed by atoms with van der Waals surface area (Å²) < 4.78 is 5.63. The summed E-state index contributed by atoms with van der Waals surface area (Å²) >= 11 is 0. The zero-order valence-electron chi connectivity index (χ0n) is 11.1. The van der Waals surface area contributed by atoms with E-state index in [1.807, 2.05) is 11.8 Å². The highest BCUT2D eigenvalue weighted by Crippen LogP contribution is 2.24. The Morgan fingerprint density at radius 1 is 1.56 bits per heavy atom. The van der Waals surface area contributed by atoms with Crippen LogP contribution in [0.2, 0.25) is 0 Å². The van der Waals surface area contributed by atoms with Crippen LogP contribution in [0.3, 0.4) is 0 Å². The highest BCUT2D eigenvalue weighted by Gasteiger charge is 2.35. The predicted octanol–water partition coefficient (Wildman–Crippen LogP) is 1.64. The number of oxime groups is 1. The highest BCUT2D eigenvalue weighted by molar-refractivity contribution is 5.90. The third kappa shape index (κ3) is 2.66. The topological polar surface area (TPSA) is 62.1 Å². The number of piperidine rings is 1. The molecule has 5 nitrogen and oxygen atoms in total. The van der Waals surface area contributed by atoms with Crippen molar-refractivity contribution in [3.63, 3.8) is 0 Å². The van der Waals surface area contributed by atoms with E-state index in [1.54, 1.807) is 0 Å². The molecule has 0 radical (unpaired) electrons. The quantitative estimate of drug-likeness (QED) is 0.602. The molecule has 2 rings (SSSR count). The normalized spacial score (nSPS) is 35.1. The number of carbonyl (C=O) groups is 1. The minimum absolute atomic E-state index is 0.106. The summed E-state index contributed by atoms with van der Waals surface area (Å²) in [4.78, 5) is 14.2. The van der Waals surface area contributed by atoms with Gasteiger partial charge in [-0.15, -0.1) is 0 Å². The van der Waals surface area contributed by atoms with Crippen LogP contribution in [0.1, 0.15) is 39.5 Å². The Morgan fingerprint density at radius 2 is 2.33 bits per heavy atom. The number of likely N-dealkylation sites (tertiary alicyclic amines) is 1. The monoisotopic (exact) mass is 254 g/mol. The Balaban J connectivity index is 1.96. The summed E-state index contributed by atoms with van der Waals surface area (Å²) in [6, 6.07) is 0. The zero-order valence-corrected chi connectivity index (χ0v) is 11.1. The first-order chi connectivity index (χ1) is 8.65. The van der Waals surface area contributed by atoms with Gasteiger partial charge in [-0.1, -0.05) is 12.1 Å². The lowest BCUT2D eigenvalue weighted by atomic mass is 9.93. The number of carbonyl (C=O) groups excluding carboxylic acids is 1. The Morgan fingerprint density at radius 3 is 2.89 bits per heavy atom. The largest absolute Gasteiger partial charge is 0.411 e. The third-order valence-electron chi connectivity index (χ3n) is 3.99. The molecule has 1 amide bonds.